The van der Waals surface area contributed by atoms with Crippen molar-refractivity contribution in [2.24, 2.45) is 0 Å². The minimum absolute atomic E-state index is 0.0982. The lowest BCUT2D eigenvalue weighted by Crippen LogP contribution is -2.35. The van der Waals surface area contributed by atoms with Crippen LogP contribution in [0, 0.1) is 13.8 Å². The average Bonchev–Trinajstić information content (AvgIpc) is 2.54. The number of nitrogens with zero attached hydrogens (tertiary/aromatic N) is 1. The molecule has 1 N–H and O–H groups in total. The maximum atomic E-state index is 12.4. The third-order valence-electron chi connectivity index (χ3n) is 4.20. The highest BCUT2D eigenvalue weighted by Crippen LogP contribution is 2.27. The molecule has 1 aliphatic rings. The molecule has 6 nitrogen and oxygen atoms in total. The van der Waals surface area contributed by atoms with Crippen molar-refractivity contribution in [2.45, 2.75) is 38.0 Å². The molecule has 0 aliphatic carbocycles. The van der Waals surface area contributed by atoms with Crippen molar-refractivity contribution in [1.29, 1.82) is 0 Å². The van der Waals surface area contributed by atoms with Crippen molar-refractivity contribution in [3.8, 4) is 5.75 Å². The number of likely N-dealkylation sites (tertiary alicyclic amines) is 1. The molecule has 0 amide bonds. The van der Waals surface area contributed by atoms with Gasteiger partial charge in [-0.15, -0.1) is 0 Å². The lowest BCUT2D eigenvalue weighted by atomic mass is 10.1. The molecule has 2 rings (SSSR count). The predicted octanol–water partition coefficient (Wildman–Crippen LogP) is 2.01. The lowest BCUT2D eigenvalue weighted by Gasteiger charge is -2.25. The van der Waals surface area contributed by atoms with Crippen LogP contribution in [0.5, 0.6) is 5.75 Å². The second-order valence-electron chi connectivity index (χ2n) is 5.92. The van der Waals surface area contributed by atoms with Gasteiger partial charge in [-0.25, -0.2) is 8.42 Å². The van der Waals surface area contributed by atoms with Crippen LogP contribution >= 0.6 is 0 Å². The number of hydrogen-bond donors (Lipinski definition) is 1. The van der Waals surface area contributed by atoms with Gasteiger partial charge in [-0.2, -0.15) is 0 Å². The van der Waals surface area contributed by atoms with Crippen molar-refractivity contribution in [2.75, 3.05) is 33.4 Å². The van der Waals surface area contributed by atoms with Crippen LogP contribution in [0.1, 0.15) is 30.4 Å². The third-order valence-corrected chi connectivity index (χ3v) is 5.43. The maximum Gasteiger partial charge on any atom is 0.266 e. The summed E-state index contributed by atoms with van der Waals surface area (Å²) >= 11 is 0. The zero-order valence-corrected chi connectivity index (χ0v) is 14.9. The molecule has 1 aromatic carbocycles. The maximum absolute atomic E-state index is 12.4. The highest BCUT2D eigenvalue weighted by Gasteiger charge is 2.21. The van der Waals surface area contributed by atoms with Gasteiger partial charge in [0.1, 0.15) is 10.6 Å². The Labute approximate surface area is 138 Å². The van der Waals surface area contributed by atoms with Gasteiger partial charge in [-0.3, -0.25) is 4.84 Å². The van der Waals surface area contributed by atoms with Crippen LogP contribution in [0.15, 0.2) is 17.0 Å². The highest BCUT2D eigenvalue weighted by molar-refractivity contribution is 7.89. The minimum Gasteiger partial charge on any atom is -0.495 e. The highest BCUT2D eigenvalue weighted by atomic mass is 32.2. The molecule has 1 saturated heterocycles. The lowest BCUT2D eigenvalue weighted by molar-refractivity contribution is 0.0655. The number of methoxy groups -OCH3 is 1. The Bertz CT molecular complexity index is 625. The molecule has 130 valence electrons. The smallest absolute Gasteiger partial charge is 0.266 e. The van der Waals surface area contributed by atoms with Crippen LogP contribution in [-0.2, 0) is 14.9 Å². The summed E-state index contributed by atoms with van der Waals surface area (Å²) in [6.45, 7) is 6.95. The van der Waals surface area contributed by atoms with E-state index >= 15 is 0 Å². The number of ether oxygens (including phenoxy) is 1. The molecule has 0 spiro atoms. The quantitative estimate of drug-likeness (QED) is 0.606. The Morgan fingerprint density at radius 3 is 2.43 bits per heavy atom. The zero-order valence-electron chi connectivity index (χ0n) is 14.1. The number of sulfonamides is 1. The van der Waals surface area contributed by atoms with E-state index in [4.69, 9.17) is 9.57 Å². The van der Waals surface area contributed by atoms with Gasteiger partial charge in [-0.1, -0.05) is 11.3 Å². The van der Waals surface area contributed by atoms with E-state index in [1.54, 1.807) is 12.1 Å². The normalized spacial score (nSPS) is 16.5. The average molecular weight is 342 g/mol. The van der Waals surface area contributed by atoms with Crippen LogP contribution in [-0.4, -0.2) is 46.7 Å². The summed E-state index contributed by atoms with van der Waals surface area (Å²) in [5.41, 5.74) is 1.87. The fraction of sp³-hybridized carbons (Fsp3) is 0.625. The number of aryl methyl sites for hydroxylation is 2. The topological polar surface area (TPSA) is 67.9 Å². The second-order valence-corrected chi connectivity index (χ2v) is 7.54. The van der Waals surface area contributed by atoms with Gasteiger partial charge < -0.3 is 9.64 Å². The standard InChI is InChI=1S/C16H26N2O4S/c1-13-11-15(21-3)16(12-14(13)2)23(19,20)17-22-10-9-18-7-5-4-6-8-18/h11-12,17H,4-10H2,1-3H3. The van der Waals surface area contributed by atoms with E-state index in [0.717, 1.165) is 30.8 Å². The van der Waals surface area contributed by atoms with E-state index in [1.165, 1.54) is 26.4 Å². The van der Waals surface area contributed by atoms with Crippen LogP contribution in [0.2, 0.25) is 0 Å². The Kier molecular flexibility index (Phi) is 6.41. The predicted molar refractivity (Wildman–Crippen MR) is 89.0 cm³/mol. The molecule has 0 atom stereocenters. The molecule has 1 heterocycles. The first-order chi connectivity index (χ1) is 10.9. The van der Waals surface area contributed by atoms with Crippen molar-refractivity contribution in [3.63, 3.8) is 0 Å². The molecule has 7 heteroatoms. The van der Waals surface area contributed by atoms with Gasteiger partial charge >= 0.3 is 0 Å². The van der Waals surface area contributed by atoms with E-state index in [1.807, 2.05) is 13.8 Å². The molecular formula is C16H26N2O4S. The van der Waals surface area contributed by atoms with Crippen molar-refractivity contribution >= 4 is 10.0 Å². The Morgan fingerprint density at radius 2 is 1.78 bits per heavy atom. The summed E-state index contributed by atoms with van der Waals surface area (Å²) in [7, 11) is -2.30. The molecule has 0 aromatic heterocycles. The van der Waals surface area contributed by atoms with Crippen LogP contribution in [0.4, 0.5) is 0 Å². The Morgan fingerprint density at radius 1 is 1.13 bits per heavy atom. The molecule has 0 unspecified atom stereocenters. The van der Waals surface area contributed by atoms with Gasteiger partial charge in [0.25, 0.3) is 10.0 Å². The van der Waals surface area contributed by atoms with E-state index in [2.05, 4.69) is 9.79 Å². The zero-order chi connectivity index (χ0) is 16.9. The largest absolute Gasteiger partial charge is 0.495 e. The second kappa shape index (κ2) is 8.10. The van der Waals surface area contributed by atoms with Crippen LogP contribution in [0.3, 0.4) is 0 Å². The summed E-state index contributed by atoms with van der Waals surface area (Å²) in [6.07, 6.45) is 3.67. The summed E-state index contributed by atoms with van der Waals surface area (Å²) in [5, 5.41) is 0. The molecular weight excluding hydrogens is 316 g/mol. The summed E-state index contributed by atoms with van der Waals surface area (Å²) in [6, 6.07) is 3.32. The van der Waals surface area contributed by atoms with Gasteiger partial charge in [0.15, 0.2) is 0 Å². The number of benzene rings is 1. The van der Waals surface area contributed by atoms with Crippen molar-refractivity contribution in [3.05, 3.63) is 23.3 Å². The SMILES string of the molecule is COc1cc(C)c(C)cc1S(=O)(=O)NOCCN1CCCCC1. The van der Waals surface area contributed by atoms with Gasteiger partial charge in [0.05, 0.1) is 13.7 Å². The number of rotatable bonds is 7. The molecule has 23 heavy (non-hydrogen) atoms. The van der Waals surface area contributed by atoms with E-state index in [9.17, 15) is 8.42 Å². The van der Waals surface area contributed by atoms with Crippen molar-refractivity contribution in [1.82, 2.24) is 9.79 Å². The minimum atomic E-state index is -3.76. The van der Waals surface area contributed by atoms with Crippen molar-refractivity contribution < 1.29 is 18.0 Å². The van der Waals surface area contributed by atoms with Crippen LogP contribution < -0.4 is 9.62 Å². The van der Waals surface area contributed by atoms with E-state index in [-0.39, 0.29) is 4.90 Å². The number of nitrogens with one attached hydrogen (secondary N) is 1. The summed E-state index contributed by atoms with van der Waals surface area (Å²) in [4.78, 5) is 9.78. The molecule has 0 bridgehead atoms. The summed E-state index contributed by atoms with van der Waals surface area (Å²) < 4.78 is 30.0. The Hall–Kier alpha value is -1.15. The van der Waals surface area contributed by atoms with Gasteiger partial charge in [0.2, 0.25) is 0 Å². The van der Waals surface area contributed by atoms with Gasteiger partial charge in [-0.05, 0) is 63.0 Å². The monoisotopic (exact) mass is 342 g/mol. The fourth-order valence-corrected chi connectivity index (χ4v) is 3.72. The first kappa shape index (κ1) is 18.2. The molecule has 1 aliphatic heterocycles. The first-order valence-electron chi connectivity index (χ1n) is 7.95. The van der Waals surface area contributed by atoms with E-state index in [0.29, 0.717) is 12.4 Å². The molecule has 0 radical (unpaired) electrons. The van der Waals surface area contributed by atoms with Gasteiger partial charge in [0, 0.05) is 6.54 Å². The first-order valence-corrected chi connectivity index (χ1v) is 9.43. The van der Waals surface area contributed by atoms with Crippen LogP contribution in [0.25, 0.3) is 0 Å². The summed E-state index contributed by atoms with van der Waals surface area (Å²) in [5.74, 6) is 0.320. The van der Waals surface area contributed by atoms with E-state index < -0.39 is 10.0 Å². The Balaban J connectivity index is 1.94. The number of piperidine rings is 1. The molecule has 0 saturated carbocycles. The fourth-order valence-electron chi connectivity index (χ4n) is 2.65. The number of hydrogen-bond acceptors (Lipinski definition) is 5. The third kappa shape index (κ3) is 4.91. The molecule has 1 aromatic rings. The molecule has 1 fully saturated rings.